The highest BCUT2D eigenvalue weighted by Gasteiger charge is 2.11. The Bertz CT molecular complexity index is 688. The third-order valence-electron chi connectivity index (χ3n) is 3.47. The van der Waals surface area contributed by atoms with Gasteiger partial charge in [0.2, 0.25) is 0 Å². The Kier molecular flexibility index (Phi) is 4.67. The Balaban J connectivity index is 2.61. The van der Waals surface area contributed by atoms with Gasteiger partial charge in [0.25, 0.3) is 0 Å². The second kappa shape index (κ2) is 6.66. The monoisotopic (exact) mass is 279 g/mol. The highest BCUT2D eigenvalue weighted by Crippen LogP contribution is 2.29. The lowest BCUT2D eigenvalue weighted by atomic mass is 9.95. The maximum Gasteiger partial charge on any atom is 0.151 e. The van der Waals surface area contributed by atoms with Gasteiger partial charge in [-0.15, -0.1) is 0 Å². The Labute approximate surface area is 124 Å². The smallest absolute Gasteiger partial charge is 0.151 e. The summed E-state index contributed by atoms with van der Waals surface area (Å²) in [5.41, 5.74) is 4.65. The first-order valence-electron chi connectivity index (χ1n) is 6.70. The van der Waals surface area contributed by atoms with Crippen LogP contribution in [0.3, 0.4) is 0 Å². The van der Waals surface area contributed by atoms with Crippen molar-refractivity contribution in [2.24, 2.45) is 0 Å². The van der Waals surface area contributed by atoms with Gasteiger partial charge in [0.1, 0.15) is 6.29 Å². The number of anilines is 1. The predicted octanol–water partition coefficient (Wildman–Crippen LogP) is 3.67. The second-order valence-corrected chi connectivity index (χ2v) is 4.70. The van der Waals surface area contributed by atoms with Crippen molar-refractivity contribution in [3.8, 4) is 0 Å². The summed E-state index contributed by atoms with van der Waals surface area (Å²) in [5, 5.41) is 3.04. The van der Waals surface area contributed by atoms with Crippen molar-refractivity contribution in [3.63, 3.8) is 0 Å². The zero-order valence-corrected chi connectivity index (χ0v) is 12.1. The molecule has 0 heterocycles. The first-order chi connectivity index (χ1) is 10.2. The van der Waals surface area contributed by atoms with Gasteiger partial charge in [0.05, 0.1) is 0 Å². The van der Waals surface area contributed by atoms with Crippen LogP contribution in [0, 0.1) is 0 Å². The standard InChI is InChI=1S/C18H17NO2/c1-13(15-6-4-3-5-7-15)17(12-21)16-9-8-14(11-20)10-18(16)19-2/h3-12,19H,1-2H3/b17-13-. The van der Waals surface area contributed by atoms with E-state index in [0.717, 1.165) is 35.0 Å². The fraction of sp³-hybridized carbons (Fsp3) is 0.111. The second-order valence-electron chi connectivity index (χ2n) is 4.70. The molecule has 2 aromatic carbocycles. The minimum atomic E-state index is 0.575. The molecule has 3 heteroatoms. The van der Waals surface area contributed by atoms with Gasteiger partial charge in [-0.3, -0.25) is 9.59 Å². The van der Waals surface area contributed by atoms with Crippen LogP contribution in [-0.4, -0.2) is 19.6 Å². The van der Waals surface area contributed by atoms with E-state index in [9.17, 15) is 9.59 Å². The SMILES string of the molecule is CNc1cc(C=O)ccc1/C(C=O)=C(/C)c1ccccc1. The molecule has 0 aliphatic carbocycles. The molecule has 106 valence electrons. The van der Waals surface area contributed by atoms with E-state index in [-0.39, 0.29) is 0 Å². The van der Waals surface area contributed by atoms with Crippen LogP contribution in [0.4, 0.5) is 5.69 Å². The third kappa shape index (κ3) is 3.08. The number of benzene rings is 2. The molecule has 21 heavy (non-hydrogen) atoms. The van der Waals surface area contributed by atoms with E-state index in [1.807, 2.05) is 37.3 Å². The molecule has 0 bridgehead atoms. The Morgan fingerprint density at radius 3 is 2.33 bits per heavy atom. The molecular formula is C18H17NO2. The molecule has 0 radical (unpaired) electrons. The summed E-state index contributed by atoms with van der Waals surface area (Å²) in [4.78, 5) is 22.5. The Morgan fingerprint density at radius 1 is 1.05 bits per heavy atom. The first kappa shape index (κ1) is 14.7. The fourth-order valence-electron chi connectivity index (χ4n) is 2.27. The van der Waals surface area contributed by atoms with Crippen LogP contribution in [0.5, 0.6) is 0 Å². The molecular weight excluding hydrogens is 262 g/mol. The molecule has 0 fully saturated rings. The Hall–Kier alpha value is -2.68. The van der Waals surface area contributed by atoms with E-state index >= 15 is 0 Å². The summed E-state index contributed by atoms with van der Waals surface area (Å²) in [7, 11) is 1.77. The third-order valence-corrected chi connectivity index (χ3v) is 3.47. The molecule has 0 unspecified atom stereocenters. The van der Waals surface area contributed by atoms with Crippen LogP contribution < -0.4 is 5.32 Å². The van der Waals surface area contributed by atoms with Crippen LogP contribution in [-0.2, 0) is 4.79 Å². The van der Waals surface area contributed by atoms with Gasteiger partial charge >= 0.3 is 0 Å². The van der Waals surface area contributed by atoms with Crippen molar-refractivity contribution in [2.75, 3.05) is 12.4 Å². The number of rotatable bonds is 5. The van der Waals surface area contributed by atoms with Gasteiger partial charge in [-0.25, -0.2) is 0 Å². The zero-order valence-electron chi connectivity index (χ0n) is 12.1. The molecule has 2 aromatic rings. The molecule has 0 saturated carbocycles. The summed E-state index contributed by atoms with van der Waals surface area (Å²) in [6.07, 6.45) is 1.65. The van der Waals surface area contributed by atoms with Crippen molar-refractivity contribution in [1.29, 1.82) is 0 Å². The van der Waals surface area contributed by atoms with Crippen molar-refractivity contribution in [1.82, 2.24) is 0 Å². The van der Waals surface area contributed by atoms with Gasteiger partial charge in [0.15, 0.2) is 6.29 Å². The molecule has 0 aliphatic rings. The van der Waals surface area contributed by atoms with Crippen LogP contribution >= 0.6 is 0 Å². The van der Waals surface area contributed by atoms with Crippen LogP contribution in [0.25, 0.3) is 11.1 Å². The van der Waals surface area contributed by atoms with E-state index in [4.69, 9.17) is 0 Å². The minimum absolute atomic E-state index is 0.575. The maximum atomic E-state index is 11.6. The van der Waals surface area contributed by atoms with Gasteiger partial charge in [-0.05, 0) is 24.1 Å². The lowest BCUT2D eigenvalue weighted by Crippen LogP contribution is -1.99. The van der Waals surface area contributed by atoms with Crippen LogP contribution in [0.1, 0.15) is 28.4 Å². The van der Waals surface area contributed by atoms with E-state index in [2.05, 4.69) is 5.32 Å². The maximum absolute atomic E-state index is 11.6. The van der Waals surface area contributed by atoms with Crippen LogP contribution in [0.2, 0.25) is 0 Å². The largest absolute Gasteiger partial charge is 0.388 e. The summed E-state index contributed by atoms with van der Waals surface area (Å²) < 4.78 is 0. The van der Waals surface area contributed by atoms with Gasteiger partial charge in [-0.1, -0.05) is 42.5 Å². The molecule has 0 aliphatic heterocycles. The molecule has 0 amide bonds. The molecule has 0 atom stereocenters. The normalized spacial score (nSPS) is 11.5. The van der Waals surface area contributed by atoms with Crippen LogP contribution in [0.15, 0.2) is 48.5 Å². The number of allylic oxidation sites excluding steroid dienone is 2. The van der Waals surface area contributed by atoms with Crippen molar-refractivity contribution in [2.45, 2.75) is 6.92 Å². The lowest BCUT2D eigenvalue weighted by Gasteiger charge is -2.13. The number of carbonyl (C=O) groups is 2. The van der Waals surface area contributed by atoms with Gasteiger partial charge < -0.3 is 5.32 Å². The topological polar surface area (TPSA) is 46.2 Å². The molecule has 0 aromatic heterocycles. The summed E-state index contributed by atoms with van der Waals surface area (Å²) in [6.45, 7) is 1.92. The average molecular weight is 279 g/mol. The van der Waals surface area contributed by atoms with Gasteiger partial charge in [-0.2, -0.15) is 0 Å². The fourth-order valence-corrected chi connectivity index (χ4v) is 2.27. The van der Waals surface area contributed by atoms with Crippen molar-refractivity contribution < 1.29 is 9.59 Å². The number of carbonyl (C=O) groups excluding carboxylic acids is 2. The number of aldehydes is 2. The number of hydrogen-bond acceptors (Lipinski definition) is 3. The zero-order chi connectivity index (χ0) is 15.2. The average Bonchev–Trinajstić information content (AvgIpc) is 2.56. The quantitative estimate of drug-likeness (QED) is 0.516. The van der Waals surface area contributed by atoms with E-state index in [0.29, 0.717) is 11.1 Å². The summed E-state index contributed by atoms with van der Waals surface area (Å²) in [5.74, 6) is 0. The van der Waals surface area contributed by atoms with E-state index < -0.39 is 0 Å². The highest BCUT2D eigenvalue weighted by atomic mass is 16.1. The molecule has 2 rings (SSSR count). The van der Waals surface area contributed by atoms with E-state index in [1.165, 1.54) is 0 Å². The van der Waals surface area contributed by atoms with Gasteiger partial charge in [0, 0.05) is 29.4 Å². The van der Waals surface area contributed by atoms with Crippen molar-refractivity contribution >= 4 is 29.4 Å². The summed E-state index contributed by atoms with van der Waals surface area (Å²) in [6, 6.07) is 15.0. The predicted molar refractivity (Wildman–Crippen MR) is 86.4 cm³/mol. The number of nitrogens with one attached hydrogen (secondary N) is 1. The van der Waals surface area contributed by atoms with Crippen molar-refractivity contribution in [3.05, 3.63) is 65.2 Å². The highest BCUT2D eigenvalue weighted by molar-refractivity contribution is 6.18. The molecule has 1 N–H and O–H groups in total. The summed E-state index contributed by atoms with van der Waals surface area (Å²) >= 11 is 0. The molecule has 0 spiro atoms. The number of hydrogen-bond donors (Lipinski definition) is 1. The molecule has 0 saturated heterocycles. The van der Waals surface area contributed by atoms with E-state index in [1.54, 1.807) is 25.2 Å². The lowest BCUT2D eigenvalue weighted by molar-refractivity contribution is -0.103. The Morgan fingerprint density at radius 2 is 1.76 bits per heavy atom. The first-order valence-corrected chi connectivity index (χ1v) is 6.70. The molecule has 3 nitrogen and oxygen atoms in total. The minimum Gasteiger partial charge on any atom is -0.388 e.